The van der Waals surface area contributed by atoms with E-state index in [9.17, 15) is 0 Å². The Hall–Kier alpha value is -0.970. The Balaban J connectivity index is 2.31. The minimum absolute atomic E-state index is 0.188. The van der Waals surface area contributed by atoms with E-state index >= 15 is 0 Å². The van der Waals surface area contributed by atoms with Crippen molar-refractivity contribution in [3.63, 3.8) is 0 Å². The standard InChI is InChI=1S/C16H25ClN2O2/c1-3-21-15-10-12(9-13(17)16(15)20-2)14(11-18)19-7-5-4-6-8-19/h9-10,14H,3-8,11,18H2,1-2H3. The third kappa shape index (κ3) is 3.82. The second kappa shape index (κ2) is 7.87. The molecule has 2 N–H and O–H groups in total. The zero-order valence-corrected chi connectivity index (χ0v) is 13.7. The highest BCUT2D eigenvalue weighted by Gasteiger charge is 2.23. The minimum Gasteiger partial charge on any atom is -0.491 e. The van der Waals surface area contributed by atoms with Crippen LogP contribution < -0.4 is 15.2 Å². The topological polar surface area (TPSA) is 47.7 Å². The number of rotatable bonds is 6. The van der Waals surface area contributed by atoms with Gasteiger partial charge in [-0.15, -0.1) is 0 Å². The van der Waals surface area contributed by atoms with Gasteiger partial charge in [0.25, 0.3) is 0 Å². The van der Waals surface area contributed by atoms with Gasteiger partial charge in [-0.2, -0.15) is 0 Å². The van der Waals surface area contributed by atoms with Crippen LogP contribution in [0.25, 0.3) is 0 Å². The van der Waals surface area contributed by atoms with Gasteiger partial charge in [-0.1, -0.05) is 18.0 Å². The van der Waals surface area contributed by atoms with Crippen molar-refractivity contribution in [3.8, 4) is 11.5 Å². The summed E-state index contributed by atoms with van der Waals surface area (Å²) in [5, 5.41) is 0.578. The summed E-state index contributed by atoms with van der Waals surface area (Å²) in [5.41, 5.74) is 7.13. The fourth-order valence-corrected chi connectivity index (χ4v) is 3.26. The SMILES string of the molecule is CCOc1cc(C(CN)N2CCCCC2)cc(Cl)c1OC. The quantitative estimate of drug-likeness (QED) is 0.876. The molecule has 1 aromatic rings. The highest BCUT2D eigenvalue weighted by molar-refractivity contribution is 6.32. The molecule has 5 heteroatoms. The zero-order valence-electron chi connectivity index (χ0n) is 12.9. The first-order chi connectivity index (χ1) is 10.2. The molecule has 0 aliphatic carbocycles. The van der Waals surface area contributed by atoms with E-state index < -0.39 is 0 Å². The van der Waals surface area contributed by atoms with E-state index in [1.807, 2.05) is 19.1 Å². The van der Waals surface area contributed by atoms with Gasteiger partial charge in [0.15, 0.2) is 11.5 Å². The predicted molar refractivity (Wildman–Crippen MR) is 86.4 cm³/mol. The fraction of sp³-hybridized carbons (Fsp3) is 0.625. The summed E-state index contributed by atoms with van der Waals surface area (Å²) in [5.74, 6) is 1.29. The molecule has 1 heterocycles. The normalized spacial score (nSPS) is 17.5. The van der Waals surface area contributed by atoms with Gasteiger partial charge in [-0.25, -0.2) is 0 Å². The predicted octanol–water partition coefficient (Wildman–Crippen LogP) is 3.23. The lowest BCUT2D eigenvalue weighted by atomic mass is 10.0. The van der Waals surface area contributed by atoms with Crippen LogP contribution in [0.3, 0.4) is 0 Å². The lowest BCUT2D eigenvalue weighted by molar-refractivity contribution is 0.167. The van der Waals surface area contributed by atoms with E-state index in [1.54, 1.807) is 7.11 Å². The van der Waals surface area contributed by atoms with Gasteiger partial charge in [0.2, 0.25) is 0 Å². The Kier molecular flexibility index (Phi) is 6.15. The lowest BCUT2D eigenvalue weighted by Crippen LogP contribution is -2.37. The molecule has 1 atom stereocenters. The van der Waals surface area contributed by atoms with E-state index in [4.69, 9.17) is 26.8 Å². The number of piperidine rings is 1. The minimum atomic E-state index is 0.188. The lowest BCUT2D eigenvalue weighted by Gasteiger charge is -2.34. The fourth-order valence-electron chi connectivity index (χ4n) is 2.97. The molecule has 1 aliphatic heterocycles. The molecule has 0 amide bonds. The number of hydrogen-bond acceptors (Lipinski definition) is 4. The molecule has 0 aromatic heterocycles. The molecule has 4 nitrogen and oxygen atoms in total. The molecular weight excluding hydrogens is 288 g/mol. The average Bonchev–Trinajstić information content (AvgIpc) is 2.49. The number of likely N-dealkylation sites (tertiary alicyclic amines) is 1. The number of hydrogen-bond donors (Lipinski definition) is 1. The van der Waals surface area contributed by atoms with Crippen molar-refractivity contribution in [3.05, 3.63) is 22.7 Å². The molecule has 1 unspecified atom stereocenters. The molecule has 0 radical (unpaired) electrons. The maximum Gasteiger partial charge on any atom is 0.179 e. The highest BCUT2D eigenvalue weighted by Crippen LogP contribution is 2.39. The molecule has 0 saturated carbocycles. The van der Waals surface area contributed by atoms with Crippen molar-refractivity contribution in [1.82, 2.24) is 4.90 Å². The summed E-state index contributed by atoms with van der Waals surface area (Å²) in [4.78, 5) is 2.44. The van der Waals surface area contributed by atoms with E-state index in [-0.39, 0.29) is 6.04 Å². The van der Waals surface area contributed by atoms with E-state index in [1.165, 1.54) is 19.3 Å². The van der Waals surface area contributed by atoms with Gasteiger partial charge in [0.1, 0.15) is 0 Å². The van der Waals surface area contributed by atoms with Crippen LogP contribution in [0.15, 0.2) is 12.1 Å². The summed E-state index contributed by atoms with van der Waals surface area (Å²) >= 11 is 6.35. The Labute approximate surface area is 132 Å². The molecule has 1 aromatic carbocycles. The van der Waals surface area contributed by atoms with Crippen molar-refractivity contribution < 1.29 is 9.47 Å². The maximum atomic E-state index is 6.35. The highest BCUT2D eigenvalue weighted by atomic mass is 35.5. The largest absolute Gasteiger partial charge is 0.491 e. The van der Waals surface area contributed by atoms with Crippen molar-refractivity contribution >= 4 is 11.6 Å². The third-order valence-corrected chi connectivity index (χ3v) is 4.26. The van der Waals surface area contributed by atoms with Gasteiger partial charge in [0.05, 0.1) is 18.7 Å². The summed E-state index contributed by atoms with van der Waals surface area (Å²) in [7, 11) is 1.61. The van der Waals surface area contributed by atoms with Crippen LogP contribution in [0.5, 0.6) is 11.5 Å². The molecule has 21 heavy (non-hydrogen) atoms. The molecule has 1 saturated heterocycles. The van der Waals surface area contributed by atoms with Crippen molar-refractivity contribution in [2.24, 2.45) is 5.73 Å². The first kappa shape index (κ1) is 16.4. The van der Waals surface area contributed by atoms with E-state index in [0.29, 0.717) is 29.7 Å². The van der Waals surface area contributed by atoms with Crippen LogP contribution in [0.1, 0.15) is 37.8 Å². The number of nitrogens with two attached hydrogens (primary N) is 1. The first-order valence-electron chi connectivity index (χ1n) is 7.65. The Morgan fingerprint density at radius 2 is 2.00 bits per heavy atom. The van der Waals surface area contributed by atoms with Crippen LogP contribution in [0.4, 0.5) is 0 Å². The van der Waals surface area contributed by atoms with Crippen LogP contribution in [-0.2, 0) is 0 Å². The van der Waals surface area contributed by atoms with Crippen molar-refractivity contribution in [2.45, 2.75) is 32.2 Å². The summed E-state index contributed by atoms with van der Waals surface area (Å²) in [6.45, 7) is 5.29. The second-order valence-electron chi connectivity index (χ2n) is 5.32. The first-order valence-corrected chi connectivity index (χ1v) is 8.03. The molecule has 1 aliphatic rings. The average molecular weight is 313 g/mol. The Morgan fingerprint density at radius 1 is 1.29 bits per heavy atom. The Morgan fingerprint density at radius 3 is 2.57 bits per heavy atom. The molecule has 0 bridgehead atoms. The van der Waals surface area contributed by atoms with E-state index in [2.05, 4.69) is 4.90 Å². The number of methoxy groups -OCH3 is 1. The van der Waals surface area contributed by atoms with Crippen molar-refractivity contribution in [2.75, 3.05) is 33.4 Å². The van der Waals surface area contributed by atoms with Gasteiger partial charge in [0, 0.05) is 12.6 Å². The number of ether oxygens (including phenoxy) is 2. The second-order valence-corrected chi connectivity index (χ2v) is 5.72. The zero-order chi connectivity index (χ0) is 15.2. The van der Waals surface area contributed by atoms with E-state index in [0.717, 1.165) is 18.7 Å². The number of halogens is 1. The van der Waals surface area contributed by atoms with Crippen LogP contribution in [0, 0.1) is 0 Å². The van der Waals surface area contributed by atoms with Crippen LogP contribution in [0.2, 0.25) is 5.02 Å². The molecule has 1 fully saturated rings. The van der Waals surface area contributed by atoms with Gasteiger partial charge < -0.3 is 15.2 Å². The smallest absolute Gasteiger partial charge is 0.179 e. The molecule has 0 spiro atoms. The summed E-state index contributed by atoms with van der Waals surface area (Å²) in [6, 6.07) is 4.16. The molecular formula is C16H25ClN2O2. The number of benzene rings is 1. The number of nitrogens with zero attached hydrogens (tertiary/aromatic N) is 1. The molecule has 118 valence electrons. The van der Waals surface area contributed by atoms with Gasteiger partial charge >= 0.3 is 0 Å². The summed E-state index contributed by atoms with van der Waals surface area (Å²) < 4.78 is 11.0. The third-order valence-electron chi connectivity index (χ3n) is 3.98. The molecule has 2 rings (SSSR count). The van der Waals surface area contributed by atoms with Gasteiger partial charge in [-0.05, 0) is 50.6 Å². The monoisotopic (exact) mass is 312 g/mol. The van der Waals surface area contributed by atoms with Gasteiger partial charge in [-0.3, -0.25) is 4.90 Å². The maximum absolute atomic E-state index is 6.35. The van der Waals surface area contributed by atoms with Crippen molar-refractivity contribution in [1.29, 1.82) is 0 Å². The summed E-state index contributed by atoms with van der Waals surface area (Å²) in [6.07, 6.45) is 3.78. The Bertz CT molecular complexity index is 462. The van der Waals surface area contributed by atoms with Crippen LogP contribution in [-0.4, -0.2) is 38.3 Å². The van der Waals surface area contributed by atoms with Crippen LogP contribution >= 0.6 is 11.6 Å².